The molecule has 0 saturated carbocycles. The van der Waals surface area contributed by atoms with Crippen LogP contribution in [0.25, 0.3) is 0 Å². The van der Waals surface area contributed by atoms with Crippen LogP contribution in [0.4, 0.5) is 5.69 Å². The molecule has 6 heteroatoms. The van der Waals surface area contributed by atoms with E-state index in [2.05, 4.69) is 21.0 Å². The average Bonchev–Trinajstić information content (AvgIpc) is 2.67. The zero-order chi connectivity index (χ0) is 12.8. The topological polar surface area (TPSA) is 61.0 Å². The van der Waals surface area contributed by atoms with Gasteiger partial charge in [0, 0.05) is 11.9 Å². The number of unbranched alkanes of at least 4 members (excludes halogenated alkanes) is 1. The predicted octanol–water partition coefficient (Wildman–Crippen LogP) is 3.09. The molecule has 96 valence electrons. The molecule has 0 aliphatic heterocycles. The molecule has 17 heavy (non-hydrogen) atoms. The Balaban J connectivity index is 3.00. The fraction of sp³-hybridized carbons (Fsp3) is 0.727. The number of hydrogen-bond acceptors (Lipinski definition) is 3. The van der Waals surface area contributed by atoms with E-state index in [1.165, 1.54) is 0 Å². The Morgan fingerprint density at radius 3 is 2.53 bits per heavy atom. The minimum atomic E-state index is -0.300. The van der Waals surface area contributed by atoms with Gasteiger partial charge in [0.15, 0.2) is 0 Å². The van der Waals surface area contributed by atoms with Crippen LogP contribution in [0, 0.1) is 10.1 Å². The lowest BCUT2D eigenvalue weighted by atomic mass is 10.2. The van der Waals surface area contributed by atoms with Crippen LogP contribution in [-0.2, 0) is 19.4 Å². The van der Waals surface area contributed by atoms with Crippen LogP contribution in [0.5, 0.6) is 0 Å². The maximum atomic E-state index is 11.0. The molecule has 0 spiro atoms. The minimum Gasteiger partial charge on any atom is -0.262 e. The third kappa shape index (κ3) is 3.28. The minimum absolute atomic E-state index is 0.217. The van der Waals surface area contributed by atoms with E-state index in [1.54, 1.807) is 4.68 Å². The van der Waals surface area contributed by atoms with E-state index in [1.807, 2.05) is 13.8 Å². The van der Waals surface area contributed by atoms with Crippen molar-refractivity contribution < 1.29 is 4.92 Å². The van der Waals surface area contributed by atoms with Gasteiger partial charge >= 0.3 is 5.69 Å². The van der Waals surface area contributed by atoms with Crippen molar-refractivity contribution in [1.29, 1.82) is 0 Å². The Labute approximate surface area is 109 Å². The van der Waals surface area contributed by atoms with Crippen LogP contribution in [-0.4, -0.2) is 20.0 Å². The lowest BCUT2D eigenvalue weighted by Gasteiger charge is -2.03. The zero-order valence-electron chi connectivity index (χ0n) is 10.3. The summed E-state index contributed by atoms with van der Waals surface area (Å²) in [6.07, 6.45) is 3.30. The lowest BCUT2D eigenvalue weighted by molar-refractivity contribution is -0.386. The summed E-state index contributed by atoms with van der Waals surface area (Å²) in [6, 6.07) is 0. The third-order valence-corrected chi connectivity index (χ3v) is 3.27. The van der Waals surface area contributed by atoms with Crippen LogP contribution >= 0.6 is 15.9 Å². The smallest absolute Gasteiger partial charge is 0.262 e. The second-order valence-electron chi connectivity index (χ2n) is 3.83. The molecule has 1 heterocycles. The lowest BCUT2D eigenvalue weighted by Crippen LogP contribution is -2.05. The van der Waals surface area contributed by atoms with Crippen LogP contribution in [0.15, 0.2) is 0 Å². The Morgan fingerprint density at radius 1 is 1.35 bits per heavy atom. The number of nitrogens with zero attached hydrogens (tertiary/aromatic N) is 3. The molecule has 1 aromatic rings. The number of nitro groups is 1. The van der Waals surface area contributed by atoms with Crippen molar-refractivity contribution in [3.05, 3.63) is 21.5 Å². The van der Waals surface area contributed by atoms with E-state index >= 15 is 0 Å². The molecule has 0 bridgehead atoms. The molecule has 0 aliphatic carbocycles. The van der Waals surface area contributed by atoms with Gasteiger partial charge in [0.1, 0.15) is 11.4 Å². The van der Waals surface area contributed by atoms with Gasteiger partial charge in [-0.1, -0.05) is 29.8 Å². The molecule has 1 aromatic heterocycles. The summed E-state index contributed by atoms with van der Waals surface area (Å²) in [5.74, 6) is 0. The highest BCUT2D eigenvalue weighted by Gasteiger charge is 2.24. The molecule has 0 aliphatic rings. The SMILES string of the molecule is CCc1nn(CCCCBr)c(CC)c1[N+](=O)[O-]. The quantitative estimate of drug-likeness (QED) is 0.336. The highest BCUT2D eigenvalue weighted by atomic mass is 79.9. The van der Waals surface area contributed by atoms with Crippen LogP contribution in [0.3, 0.4) is 0 Å². The molecule has 0 aromatic carbocycles. The Morgan fingerprint density at radius 2 is 2.06 bits per heavy atom. The molecule has 0 N–H and O–H groups in total. The molecule has 0 unspecified atom stereocenters. The summed E-state index contributed by atoms with van der Waals surface area (Å²) >= 11 is 3.38. The normalized spacial score (nSPS) is 10.8. The highest BCUT2D eigenvalue weighted by molar-refractivity contribution is 9.09. The van der Waals surface area contributed by atoms with Crippen LogP contribution < -0.4 is 0 Å². The van der Waals surface area contributed by atoms with Crippen LogP contribution in [0.2, 0.25) is 0 Å². The molecule has 5 nitrogen and oxygen atoms in total. The van der Waals surface area contributed by atoms with Crippen molar-refractivity contribution in [1.82, 2.24) is 9.78 Å². The van der Waals surface area contributed by atoms with Gasteiger partial charge in [-0.2, -0.15) is 5.10 Å². The molecule has 0 radical (unpaired) electrons. The summed E-state index contributed by atoms with van der Waals surface area (Å²) in [4.78, 5) is 10.7. The first-order chi connectivity index (χ1) is 8.15. The second kappa shape index (κ2) is 6.74. The third-order valence-electron chi connectivity index (χ3n) is 2.71. The van der Waals surface area contributed by atoms with Gasteiger partial charge in [0.2, 0.25) is 0 Å². The van der Waals surface area contributed by atoms with Crippen molar-refractivity contribution in [2.75, 3.05) is 5.33 Å². The number of alkyl halides is 1. The van der Waals surface area contributed by atoms with E-state index in [0.29, 0.717) is 18.5 Å². The average molecular weight is 304 g/mol. The molecular formula is C11H18BrN3O2. The van der Waals surface area contributed by atoms with E-state index in [9.17, 15) is 10.1 Å². The van der Waals surface area contributed by atoms with Gasteiger partial charge in [0.05, 0.1) is 4.92 Å². The molecule has 0 fully saturated rings. The summed E-state index contributed by atoms with van der Waals surface area (Å²) in [6.45, 7) is 4.59. The second-order valence-corrected chi connectivity index (χ2v) is 4.62. The molecule has 0 saturated heterocycles. The maximum Gasteiger partial charge on any atom is 0.313 e. The van der Waals surface area contributed by atoms with Gasteiger partial charge in [-0.25, -0.2) is 0 Å². The number of aromatic nitrogens is 2. The van der Waals surface area contributed by atoms with E-state index < -0.39 is 0 Å². The van der Waals surface area contributed by atoms with E-state index in [4.69, 9.17) is 0 Å². The van der Waals surface area contributed by atoms with Gasteiger partial charge in [0.25, 0.3) is 0 Å². The highest BCUT2D eigenvalue weighted by Crippen LogP contribution is 2.24. The first-order valence-electron chi connectivity index (χ1n) is 5.94. The molecule has 0 amide bonds. The van der Waals surface area contributed by atoms with Gasteiger partial charge in [-0.05, 0) is 25.7 Å². The van der Waals surface area contributed by atoms with Crippen molar-refractivity contribution in [2.24, 2.45) is 0 Å². The standard InChI is InChI=1S/C11H18BrN3O2/c1-3-9-11(15(16)17)10(4-2)14(13-9)8-6-5-7-12/h3-8H2,1-2H3. The fourth-order valence-electron chi connectivity index (χ4n) is 1.88. The van der Waals surface area contributed by atoms with Crippen molar-refractivity contribution in [2.45, 2.75) is 46.1 Å². The molecule has 0 atom stereocenters. The van der Waals surface area contributed by atoms with Crippen molar-refractivity contribution in [3.8, 4) is 0 Å². The molecular weight excluding hydrogens is 286 g/mol. The van der Waals surface area contributed by atoms with E-state index in [0.717, 1.165) is 30.4 Å². The summed E-state index contributed by atoms with van der Waals surface area (Å²) < 4.78 is 1.81. The largest absolute Gasteiger partial charge is 0.313 e. The number of halogens is 1. The zero-order valence-corrected chi connectivity index (χ0v) is 11.9. The number of rotatable bonds is 7. The Hall–Kier alpha value is -0.910. The monoisotopic (exact) mass is 303 g/mol. The van der Waals surface area contributed by atoms with E-state index in [-0.39, 0.29) is 10.6 Å². The predicted molar refractivity (Wildman–Crippen MR) is 70.7 cm³/mol. The maximum absolute atomic E-state index is 11.0. The Bertz CT molecular complexity index is 390. The first-order valence-corrected chi connectivity index (χ1v) is 7.06. The van der Waals surface area contributed by atoms with Crippen LogP contribution in [0.1, 0.15) is 38.1 Å². The molecule has 1 rings (SSSR count). The Kier molecular flexibility index (Phi) is 5.61. The van der Waals surface area contributed by atoms with Crippen molar-refractivity contribution in [3.63, 3.8) is 0 Å². The van der Waals surface area contributed by atoms with Gasteiger partial charge in [-0.3, -0.25) is 14.8 Å². The number of aryl methyl sites for hydroxylation is 2. The first kappa shape index (κ1) is 14.2. The van der Waals surface area contributed by atoms with Gasteiger partial charge < -0.3 is 0 Å². The fourth-order valence-corrected chi connectivity index (χ4v) is 2.28. The summed E-state index contributed by atoms with van der Waals surface area (Å²) in [5, 5.41) is 16.4. The summed E-state index contributed by atoms with van der Waals surface area (Å²) in [5.41, 5.74) is 1.57. The van der Waals surface area contributed by atoms with Gasteiger partial charge in [-0.15, -0.1) is 0 Å². The summed E-state index contributed by atoms with van der Waals surface area (Å²) in [7, 11) is 0. The number of hydrogen-bond donors (Lipinski definition) is 0. The van der Waals surface area contributed by atoms with Crippen molar-refractivity contribution >= 4 is 21.6 Å².